The Labute approximate surface area is 139 Å². The van der Waals surface area contributed by atoms with Crippen molar-refractivity contribution < 1.29 is 19.1 Å². The Morgan fingerprint density at radius 2 is 1.35 bits per heavy atom. The summed E-state index contributed by atoms with van der Waals surface area (Å²) in [5.74, 6) is 0. The van der Waals surface area contributed by atoms with Crippen molar-refractivity contribution in [2.45, 2.75) is 72.1 Å². The molecular formula is C16H33N3O4. The van der Waals surface area contributed by atoms with Crippen LogP contribution in [-0.4, -0.2) is 49.1 Å². The van der Waals surface area contributed by atoms with Crippen molar-refractivity contribution in [3.05, 3.63) is 0 Å². The first-order valence-electron chi connectivity index (χ1n) is 8.06. The molecule has 0 aromatic rings. The Balaban J connectivity index is 3.66. The van der Waals surface area contributed by atoms with Crippen LogP contribution in [0.15, 0.2) is 0 Å². The van der Waals surface area contributed by atoms with E-state index >= 15 is 0 Å². The molecule has 0 fully saturated rings. The highest BCUT2D eigenvalue weighted by atomic mass is 16.6. The molecule has 0 aliphatic heterocycles. The quantitative estimate of drug-likeness (QED) is 0.623. The number of rotatable bonds is 7. The molecule has 0 aromatic carbocycles. The largest absolute Gasteiger partial charge is 0.444 e. The number of carbonyl (C=O) groups excluding carboxylic acids is 2. The van der Waals surface area contributed by atoms with Gasteiger partial charge in [0.1, 0.15) is 11.2 Å². The van der Waals surface area contributed by atoms with Crippen LogP contribution in [0.2, 0.25) is 0 Å². The van der Waals surface area contributed by atoms with Gasteiger partial charge in [-0.05, 0) is 61.4 Å². The van der Waals surface area contributed by atoms with E-state index in [1.165, 1.54) is 0 Å². The number of amides is 2. The van der Waals surface area contributed by atoms with Gasteiger partial charge in [0.05, 0.1) is 0 Å². The maximum absolute atomic E-state index is 11.5. The normalized spacial score (nSPS) is 13.2. The molecule has 0 radical (unpaired) electrons. The number of carbonyl (C=O) groups is 2. The first kappa shape index (κ1) is 21.5. The summed E-state index contributed by atoms with van der Waals surface area (Å²) in [6, 6.07) is 0.115. The van der Waals surface area contributed by atoms with E-state index in [9.17, 15) is 9.59 Å². The maximum Gasteiger partial charge on any atom is 0.407 e. The highest BCUT2D eigenvalue weighted by molar-refractivity contribution is 5.67. The Hall–Kier alpha value is -1.50. The lowest BCUT2D eigenvalue weighted by molar-refractivity contribution is 0.0511. The predicted octanol–water partition coefficient (Wildman–Crippen LogP) is 2.40. The molecule has 0 heterocycles. The minimum atomic E-state index is -0.492. The number of hydrogen-bond acceptors (Lipinski definition) is 5. The molecule has 3 N–H and O–H groups in total. The number of nitrogens with one attached hydrogen (secondary N) is 3. The average Bonchev–Trinajstić information content (AvgIpc) is 2.31. The molecule has 0 spiro atoms. The molecule has 0 saturated carbocycles. The van der Waals surface area contributed by atoms with Gasteiger partial charge in [0, 0.05) is 19.1 Å². The van der Waals surface area contributed by atoms with Gasteiger partial charge >= 0.3 is 12.2 Å². The lowest BCUT2D eigenvalue weighted by Crippen LogP contribution is -2.42. The van der Waals surface area contributed by atoms with Crippen LogP contribution in [0.25, 0.3) is 0 Å². The molecule has 7 heteroatoms. The molecule has 1 atom stereocenters. The molecular weight excluding hydrogens is 298 g/mol. The lowest BCUT2D eigenvalue weighted by Gasteiger charge is -2.21. The van der Waals surface area contributed by atoms with Crippen molar-refractivity contribution in [2.75, 3.05) is 19.6 Å². The second-order valence-electron chi connectivity index (χ2n) is 7.52. The maximum atomic E-state index is 11.5. The van der Waals surface area contributed by atoms with Crippen molar-refractivity contribution in [2.24, 2.45) is 0 Å². The fraction of sp³-hybridized carbons (Fsp3) is 0.875. The van der Waals surface area contributed by atoms with Crippen LogP contribution in [0.5, 0.6) is 0 Å². The summed E-state index contributed by atoms with van der Waals surface area (Å²) in [6.45, 7) is 14.7. The molecule has 0 rings (SSSR count). The van der Waals surface area contributed by atoms with E-state index in [0.717, 1.165) is 13.0 Å². The SMILES string of the molecule is CC(CNC(=O)OC(C)(C)C)NCCCNC(=O)OC(C)(C)C. The molecule has 0 aliphatic carbocycles. The summed E-state index contributed by atoms with van der Waals surface area (Å²) >= 11 is 0. The number of ether oxygens (including phenoxy) is 2. The van der Waals surface area contributed by atoms with Crippen LogP contribution in [-0.2, 0) is 9.47 Å². The zero-order valence-corrected chi connectivity index (χ0v) is 15.5. The second-order valence-corrected chi connectivity index (χ2v) is 7.52. The van der Waals surface area contributed by atoms with Gasteiger partial charge in [-0.3, -0.25) is 0 Å². The van der Waals surface area contributed by atoms with Crippen molar-refractivity contribution in [3.8, 4) is 0 Å². The first-order valence-corrected chi connectivity index (χ1v) is 8.06. The molecule has 7 nitrogen and oxygen atoms in total. The van der Waals surface area contributed by atoms with Gasteiger partial charge in [0.2, 0.25) is 0 Å². The van der Waals surface area contributed by atoms with Gasteiger partial charge in [-0.2, -0.15) is 0 Å². The lowest BCUT2D eigenvalue weighted by atomic mass is 10.2. The van der Waals surface area contributed by atoms with Crippen LogP contribution in [0.4, 0.5) is 9.59 Å². The first-order chi connectivity index (χ1) is 10.4. The third-order valence-corrected chi connectivity index (χ3v) is 2.47. The summed E-state index contributed by atoms with van der Waals surface area (Å²) in [5.41, 5.74) is -0.974. The summed E-state index contributed by atoms with van der Waals surface area (Å²) in [7, 11) is 0. The van der Waals surface area contributed by atoms with Crippen LogP contribution >= 0.6 is 0 Å². The van der Waals surface area contributed by atoms with E-state index in [2.05, 4.69) is 16.0 Å². The second kappa shape index (κ2) is 9.60. The van der Waals surface area contributed by atoms with E-state index in [1.807, 2.05) is 48.5 Å². The van der Waals surface area contributed by atoms with Gasteiger partial charge in [-0.15, -0.1) is 0 Å². The zero-order valence-electron chi connectivity index (χ0n) is 15.5. The molecule has 2 amide bonds. The summed E-state index contributed by atoms with van der Waals surface area (Å²) in [6.07, 6.45) is -0.0504. The number of hydrogen-bond donors (Lipinski definition) is 3. The van der Waals surface area contributed by atoms with Gasteiger partial charge in [-0.1, -0.05) is 0 Å². The Morgan fingerprint density at radius 1 is 0.870 bits per heavy atom. The van der Waals surface area contributed by atoms with Crippen LogP contribution < -0.4 is 16.0 Å². The van der Waals surface area contributed by atoms with Crippen molar-refractivity contribution in [3.63, 3.8) is 0 Å². The third-order valence-electron chi connectivity index (χ3n) is 2.47. The Kier molecular flexibility index (Phi) is 8.97. The topological polar surface area (TPSA) is 88.7 Å². The Morgan fingerprint density at radius 3 is 1.83 bits per heavy atom. The highest BCUT2D eigenvalue weighted by Crippen LogP contribution is 2.06. The molecule has 136 valence electrons. The summed E-state index contributed by atoms with van der Waals surface area (Å²) in [5, 5.41) is 8.67. The monoisotopic (exact) mass is 331 g/mol. The van der Waals surface area contributed by atoms with E-state index in [1.54, 1.807) is 0 Å². The van der Waals surface area contributed by atoms with Crippen LogP contribution in [0.3, 0.4) is 0 Å². The molecule has 0 bridgehead atoms. The fourth-order valence-electron chi connectivity index (χ4n) is 1.56. The van der Waals surface area contributed by atoms with Gasteiger partial charge < -0.3 is 25.4 Å². The van der Waals surface area contributed by atoms with E-state index in [-0.39, 0.29) is 6.04 Å². The summed E-state index contributed by atoms with van der Waals surface area (Å²) < 4.78 is 10.3. The average molecular weight is 331 g/mol. The fourth-order valence-corrected chi connectivity index (χ4v) is 1.56. The van der Waals surface area contributed by atoms with E-state index in [4.69, 9.17) is 9.47 Å². The van der Waals surface area contributed by atoms with Gasteiger partial charge in [-0.25, -0.2) is 9.59 Å². The standard InChI is InChI=1S/C16H33N3O4/c1-12(11-19-14(21)23-16(5,6)7)17-9-8-10-18-13(20)22-15(2,3)4/h12,17H,8-11H2,1-7H3,(H,18,20)(H,19,21). The van der Waals surface area contributed by atoms with E-state index < -0.39 is 23.4 Å². The zero-order chi connectivity index (χ0) is 18.1. The molecule has 23 heavy (non-hydrogen) atoms. The van der Waals surface area contributed by atoms with Crippen molar-refractivity contribution in [1.82, 2.24) is 16.0 Å². The van der Waals surface area contributed by atoms with Gasteiger partial charge in [0.25, 0.3) is 0 Å². The number of alkyl carbamates (subject to hydrolysis) is 2. The smallest absolute Gasteiger partial charge is 0.407 e. The molecule has 0 aliphatic rings. The Bertz CT molecular complexity index is 373. The van der Waals surface area contributed by atoms with Gasteiger partial charge in [0.15, 0.2) is 0 Å². The summed E-state index contributed by atoms with van der Waals surface area (Å²) in [4.78, 5) is 22.9. The predicted molar refractivity (Wildman–Crippen MR) is 90.6 cm³/mol. The van der Waals surface area contributed by atoms with Crippen molar-refractivity contribution >= 4 is 12.2 Å². The minimum Gasteiger partial charge on any atom is -0.444 e. The van der Waals surface area contributed by atoms with E-state index in [0.29, 0.717) is 13.1 Å². The van der Waals surface area contributed by atoms with Crippen LogP contribution in [0, 0.1) is 0 Å². The molecule has 0 aromatic heterocycles. The third kappa shape index (κ3) is 15.2. The molecule has 1 unspecified atom stereocenters. The van der Waals surface area contributed by atoms with Crippen molar-refractivity contribution in [1.29, 1.82) is 0 Å². The van der Waals surface area contributed by atoms with Crippen LogP contribution in [0.1, 0.15) is 54.9 Å². The molecule has 0 saturated heterocycles. The minimum absolute atomic E-state index is 0.115. The highest BCUT2D eigenvalue weighted by Gasteiger charge is 2.16.